The van der Waals surface area contributed by atoms with Gasteiger partial charge < -0.3 is 8.98 Å². The van der Waals surface area contributed by atoms with Crippen molar-refractivity contribution in [3.05, 3.63) is 206 Å². The van der Waals surface area contributed by atoms with Crippen molar-refractivity contribution in [3.63, 3.8) is 0 Å². The number of hydrogen-bond donors (Lipinski definition) is 0. The van der Waals surface area contributed by atoms with Crippen LogP contribution < -0.4 is 0 Å². The molecule has 13 aromatic rings. The van der Waals surface area contributed by atoms with E-state index in [2.05, 4.69) is 162 Å². The van der Waals surface area contributed by atoms with Gasteiger partial charge in [0, 0.05) is 49.2 Å². The van der Waals surface area contributed by atoms with Gasteiger partial charge in [-0.3, -0.25) is 0 Å². The third-order valence-corrected chi connectivity index (χ3v) is 12.4. The number of furan rings is 1. The standard InChI is InChI=1S/C57H34N4O/c1-3-16-35(17-4-1)55-58-56(36-18-5-2-6-19-36)60-57(59-55)38-32-48-42-22-8-7-20-40(42)41-21-9-10-25-46(41)53(48)51(34-38)61-49-28-13-11-23-43(49)44-31-30-37(33-50(44)61)39-26-15-27-47-45-24-12-14-29-52(45)62-54(39)47/h1-34H. The normalized spacial score (nSPS) is 11.9. The molecule has 62 heavy (non-hydrogen) atoms. The van der Waals surface area contributed by atoms with Crippen LogP contribution in [0.3, 0.4) is 0 Å². The van der Waals surface area contributed by atoms with Crippen molar-refractivity contribution in [2.75, 3.05) is 0 Å². The number of benzene rings is 10. The highest BCUT2D eigenvalue weighted by molar-refractivity contribution is 6.28. The summed E-state index contributed by atoms with van der Waals surface area (Å²) in [5.41, 5.74) is 9.93. The van der Waals surface area contributed by atoms with Gasteiger partial charge in [0.15, 0.2) is 17.5 Å². The maximum atomic E-state index is 6.59. The van der Waals surface area contributed by atoms with E-state index in [1.807, 2.05) is 48.5 Å². The molecule has 0 N–H and O–H groups in total. The molecule has 0 aliphatic carbocycles. The Morgan fingerprint density at radius 1 is 0.323 bits per heavy atom. The van der Waals surface area contributed by atoms with Gasteiger partial charge in [-0.1, -0.05) is 176 Å². The quantitative estimate of drug-likeness (QED) is 0.163. The highest BCUT2D eigenvalue weighted by Crippen LogP contribution is 2.45. The number of para-hydroxylation sites is 3. The maximum absolute atomic E-state index is 6.59. The van der Waals surface area contributed by atoms with Crippen LogP contribution in [0.15, 0.2) is 211 Å². The van der Waals surface area contributed by atoms with E-state index in [1.54, 1.807) is 0 Å². The highest BCUT2D eigenvalue weighted by atomic mass is 16.3. The minimum absolute atomic E-state index is 0.608. The summed E-state index contributed by atoms with van der Waals surface area (Å²) in [6, 6.07) is 72.8. The average molecular weight is 791 g/mol. The molecule has 0 aliphatic rings. The van der Waals surface area contributed by atoms with Crippen LogP contribution in [0, 0.1) is 0 Å². The average Bonchev–Trinajstić information content (AvgIpc) is 3.90. The van der Waals surface area contributed by atoms with Crippen molar-refractivity contribution in [2.45, 2.75) is 0 Å². The minimum Gasteiger partial charge on any atom is -0.455 e. The molecular formula is C57H34N4O. The van der Waals surface area contributed by atoms with E-state index < -0.39 is 0 Å². The van der Waals surface area contributed by atoms with Crippen LogP contribution in [-0.4, -0.2) is 19.5 Å². The van der Waals surface area contributed by atoms with E-state index in [-0.39, 0.29) is 0 Å². The summed E-state index contributed by atoms with van der Waals surface area (Å²) >= 11 is 0. The van der Waals surface area contributed by atoms with Crippen molar-refractivity contribution in [3.8, 4) is 51.0 Å². The molecule has 0 atom stereocenters. The van der Waals surface area contributed by atoms with Gasteiger partial charge in [-0.15, -0.1) is 0 Å². The van der Waals surface area contributed by atoms with Crippen LogP contribution in [-0.2, 0) is 0 Å². The second-order valence-corrected chi connectivity index (χ2v) is 15.9. The zero-order valence-electron chi connectivity index (χ0n) is 33.3. The molecule has 3 aromatic heterocycles. The zero-order chi connectivity index (χ0) is 40.7. The lowest BCUT2D eigenvalue weighted by Crippen LogP contribution is -2.02. The third-order valence-electron chi connectivity index (χ3n) is 12.4. The predicted molar refractivity (Wildman–Crippen MR) is 256 cm³/mol. The van der Waals surface area contributed by atoms with E-state index in [0.29, 0.717) is 17.5 Å². The van der Waals surface area contributed by atoms with E-state index in [4.69, 9.17) is 19.4 Å². The Kier molecular flexibility index (Phi) is 7.54. The van der Waals surface area contributed by atoms with Gasteiger partial charge in [0.05, 0.1) is 16.7 Å². The Morgan fingerprint density at radius 2 is 0.855 bits per heavy atom. The van der Waals surface area contributed by atoms with E-state index in [0.717, 1.165) is 77.2 Å². The van der Waals surface area contributed by atoms with Gasteiger partial charge in [-0.25, -0.2) is 15.0 Å². The molecule has 0 aliphatic heterocycles. The molecule has 13 rings (SSSR count). The summed E-state index contributed by atoms with van der Waals surface area (Å²) in [6.45, 7) is 0. The Balaban J connectivity index is 1.16. The monoisotopic (exact) mass is 790 g/mol. The Morgan fingerprint density at radius 3 is 1.56 bits per heavy atom. The molecule has 288 valence electrons. The van der Waals surface area contributed by atoms with E-state index in [9.17, 15) is 0 Å². The molecule has 0 radical (unpaired) electrons. The lowest BCUT2D eigenvalue weighted by atomic mass is 9.91. The Labute approximate surface area is 355 Å². The first-order valence-corrected chi connectivity index (χ1v) is 20.9. The Hall–Kier alpha value is -8.41. The van der Waals surface area contributed by atoms with Gasteiger partial charge in [0.2, 0.25) is 0 Å². The fourth-order valence-electron chi connectivity index (χ4n) is 9.63. The fraction of sp³-hybridized carbons (Fsp3) is 0. The largest absolute Gasteiger partial charge is 0.455 e. The van der Waals surface area contributed by atoms with Crippen molar-refractivity contribution >= 4 is 76.1 Å². The summed E-state index contributed by atoms with van der Waals surface area (Å²) in [5, 5.41) is 11.6. The van der Waals surface area contributed by atoms with Gasteiger partial charge in [-0.2, -0.15) is 0 Å². The molecule has 0 saturated heterocycles. The lowest BCUT2D eigenvalue weighted by molar-refractivity contribution is 0.670. The number of hydrogen-bond acceptors (Lipinski definition) is 4. The van der Waals surface area contributed by atoms with Crippen LogP contribution in [0.4, 0.5) is 0 Å². The summed E-state index contributed by atoms with van der Waals surface area (Å²) in [5.74, 6) is 1.86. The lowest BCUT2D eigenvalue weighted by Gasteiger charge is -2.18. The van der Waals surface area contributed by atoms with Gasteiger partial charge in [0.1, 0.15) is 11.2 Å². The second kappa shape index (κ2) is 13.6. The molecular weight excluding hydrogens is 757 g/mol. The molecule has 5 heteroatoms. The van der Waals surface area contributed by atoms with Gasteiger partial charge in [0.25, 0.3) is 0 Å². The fourth-order valence-corrected chi connectivity index (χ4v) is 9.63. The van der Waals surface area contributed by atoms with E-state index >= 15 is 0 Å². The van der Waals surface area contributed by atoms with Crippen molar-refractivity contribution in [1.29, 1.82) is 0 Å². The van der Waals surface area contributed by atoms with Crippen LogP contribution in [0.1, 0.15) is 0 Å². The van der Waals surface area contributed by atoms with Crippen LogP contribution in [0.5, 0.6) is 0 Å². The molecule has 0 amide bonds. The smallest absolute Gasteiger partial charge is 0.164 e. The SMILES string of the molecule is c1ccc(-c2nc(-c3ccccc3)nc(-c3cc(-n4c5ccccc5c5ccc(-c6cccc7c6oc6ccccc67)cc54)c4c5ccccc5c5ccccc5c4c3)n2)cc1. The second-order valence-electron chi connectivity index (χ2n) is 15.9. The van der Waals surface area contributed by atoms with Gasteiger partial charge in [-0.05, 0) is 62.8 Å². The summed E-state index contributed by atoms with van der Waals surface area (Å²) < 4.78 is 9.05. The molecule has 0 saturated carbocycles. The van der Waals surface area contributed by atoms with Gasteiger partial charge >= 0.3 is 0 Å². The number of fused-ring (bicyclic) bond motifs is 12. The first kappa shape index (κ1) is 34.5. The van der Waals surface area contributed by atoms with Crippen LogP contribution in [0.25, 0.3) is 127 Å². The molecule has 0 fully saturated rings. The minimum atomic E-state index is 0.608. The molecule has 0 spiro atoms. The summed E-state index contributed by atoms with van der Waals surface area (Å²) in [7, 11) is 0. The predicted octanol–water partition coefficient (Wildman–Crippen LogP) is 15.0. The molecule has 3 heterocycles. The topological polar surface area (TPSA) is 56.7 Å². The highest BCUT2D eigenvalue weighted by Gasteiger charge is 2.22. The van der Waals surface area contributed by atoms with E-state index in [1.165, 1.54) is 32.3 Å². The molecule has 10 aromatic carbocycles. The number of rotatable bonds is 5. The summed E-state index contributed by atoms with van der Waals surface area (Å²) in [6.07, 6.45) is 0. The maximum Gasteiger partial charge on any atom is 0.164 e. The molecule has 0 unspecified atom stereocenters. The van der Waals surface area contributed by atoms with Crippen molar-refractivity contribution in [2.24, 2.45) is 0 Å². The first-order valence-electron chi connectivity index (χ1n) is 20.9. The molecule has 0 bridgehead atoms. The third kappa shape index (κ3) is 5.25. The zero-order valence-corrected chi connectivity index (χ0v) is 33.3. The first-order chi connectivity index (χ1) is 30.7. The summed E-state index contributed by atoms with van der Waals surface area (Å²) in [4.78, 5) is 15.6. The Bertz CT molecular complexity index is 3870. The number of aromatic nitrogens is 4. The van der Waals surface area contributed by atoms with Crippen LogP contribution in [0.2, 0.25) is 0 Å². The van der Waals surface area contributed by atoms with Crippen molar-refractivity contribution in [1.82, 2.24) is 19.5 Å². The molecule has 5 nitrogen and oxygen atoms in total. The van der Waals surface area contributed by atoms with Crippen molar-refractivity contribution < 1.29 is 4.42 Å². The van der Waals surface area contributed by atoms with Crippen LogP contribution >= 0.6 is 0 Å². The number of nitrogens with zero attached hydrogens (tertiary/aromatic N) is 4.